The fraction of sp³-hybridized carbons (Fsp3) is 1.00. The molecule has 0 spiro atoms. The molecule has 2 unspecified atom stereocenters. The van der Waals surface area contributed by atoms with Crippen LogP contribution in [0.4, 0.5) is 0 Å². The van der Waals surface area contributed by atoms with Crippen molar-refractivity contribution in [1.82, 2.24) is 4.90 Å². The zero-order valence-electron chi connectivity index (χ0n) is 7.88. The van der Waals surface area contributed by atoms with Gasteiger partial charge in [0.1, 0.15) is 0 Å². The quantitative estimate of drug-likeness (QED) is 0.648. The summed E-state index contributed by atoms with van der Waals surface area (Å²) in [5.41, 5.74) is 5.68. The highest BCUT2D eigenvalue weighted by molar-refractivity contribution is 4.85. The summed E-state index contributed by atoms with van der Waals surface area (Å²) in [6.45, 7) is 8.87. The SMILES string of the molecule is CC1CC(CN)N(C(C)C)C1. The van der Waals surface area contributed by atoms with Crippen LogP contribution in [0, 0.1) is 5.92 Å². The van der Waals surface area contributed by atoms with Crippen molar-refractivity contribution in [2.45, 2.75) is 39.3 Å². The normalized spacial score (nSPS) is 33.5. The smallest absolute Gasteiger partial charge is 0.0224 e. The number of hydrogen-bond donors (Lipinski definition) is 1. The zero-order valence-corrected chi connectivity index (χ0v) is 7.88. The third kappa shape index (κ3) is 1.94. The van der Waals surface area contributed by atoms with Gasteiger partial charge in [0.2, 0.25) is 0 Å². The maximum Gasteiger partial charge on any atom is 0.0224 e. The Balaban J connectivity index is 2.50. The Morgan fingerprint density at radius 3 is 2.55 bits per heavy atom. The summed E-state index contributed by atoms with van der Waals surface area (Å²) in [5, 5.41) is 0. The maximum atomic E-state index is 5.68. The van der Waals surface area contributed by atoms with Crippen LogP contribution in [-0.4, -0.2) is 30.1 Å². The summed E-state index contributed by atoms with van der Waals surface area (Å²) in [7, 11) is 0. The Kier molecular flexibility index (Phi) is 2.90. The van der Waals surface area contributed by atoms with E-state index < -0.39 is 0 Å². The van der Waals surface area contributed by atoms with E-state index >= 15 is 0 Å². The number of hydrogen-bond acceptors (Lipinski definition) is 2. The van der Waals surface area contributed by atoms with Gasteiger partial charge in [-0.15, -0.1) is 0 Å². The summed E-state index contributed by atoms with van der Waals surface area (Å²) in [4.78, 5) is 2.52. The average Bonchev–Trinajstić information content (AvgIpc) is 2.30. The van der Waals surface area contributed by atoms with Gasteiger partial charge in [-0.3, -0.25) is 4.90 Å². The van der Waals surface area contributed by atoms with Crippen molar-refractivity contribution in [1.29, 1.82) is 0 Å². The molecular formula is C9H20N2. The van der Waals surface area contributed by atoms with Crippen LogP contribution in [0.1, 0.15) is 27.2 Å². The van der Waals surface area contributed by atoms with Gasteiger partial charge in [0.05, 0.1) is 0 Å². The summed E-state index contributed by atoms with van der Waals surface area (Å²) in [6.07, 6.45) is 1.29. The standard InChI is InChI=1S/C9H20N2/c1-7(2)11-6-8(3)4-9(11)5-10/h7-9H,4-6,10H2,1-3H3. The van der Waals surface area contributed by atoms with Crippen LogP contribution in [0.25, 0.3) is 0 Å². The molecule has 2 N–H and O–H groups in total. The molecule has 0 saturated carbocycles. The predicted octanol–water partition coefficient (Wildman–Crippen LogP) is 1.06. The second-order valence-electron chi connectivity index (χ2n) is 4.02. The number of rotatable bonds is 2. The first kappa shape index (κ1) is 9.01. The molecule has 66 valence electrons. The highest BCUT2D eigenvalue weighted by Crippen LogP contribution is 2.23. The van der Waals surface area contributed by atoms with E-state index in [0.717, 1.165) is 12.5 Å². The van der Waals surface area contributed by atoms with Gasteiger partial charge in [0.15, 0.2) is 0 Å². The first-order valence-corrected chi connectivity index (χ1v) is 4.61. The van der Waals surface area contributed by atoms with Gasteiger partial charge < -0.3 is 5.73 Å². The van der Waals surface area contributed by atoms with Crippen LogP contribution >= 0.6 is 0 Å². The highest BCUT2D eigenvalue weighted by atomic mass is 15.2. The molecule has 1 heterocycles. The number of nitrogens with zero attached hydrogens (tertiary/aromatic N) is 1. The monoisotopic (exact) mass is 156 g/mol. The van der Waals surface area contributed by atoms with Gasteiger partial charge in [0, 0.05) is 25.2 Å². The topological polar surface area (TPSA) is 29.3 Å². The van der Waals surface area contributed by atoms with Crippen molar-refractivity contribution in [3.63, 3.8) is 0 Å². The first-order chi connectivity index (χ1) is 5.15. The summed E-state index contributed by atoms with van der Waals surface area (Å²) in [5.74, 6) is 0.839. The lowest BCUT2D eigenvalue weighted by Gasteiger charge is -2.26. The highest BCUT2D eigenvalue weighted by Gasteiger charge is 2.29. The van der Waals surface area contributed by atoms with Gasteiger partial charge >= 0.3 is 0 Å². The zero-order chi connectivity index (χ0) is 8.43. The van der Waals surface area contributed by atoms with E-state index in [1.54, 1.807) is 0 Å². The lowest BCUT2D eigenvalue weighted by Crippen LogP contribution is -2.39. The number of likely N-dealkylation sites (tertiary alicyclic amines) is 1. The van der Waals surface area contributed by atoms with Crippen LogP contribution < -0.4 is 5.73 Å². The lowest BCUT2D eigenvalue weighted by molar-refractivity contribution is 0.205. The molecule has 1 saturated heterocycles. The van der Waals surface area contributed by atoms with E-state index in [0.29, 0.717) is 12.1 Å². The Labute approximate surface area is 69.8 Å². The molecule has 0 aromatic rings. The number of nitrogens with two attached hydrogens (primary N) is 1. The fourth-order valence-corrected chi connectivity index (χ4v) is 2.05. The van der Waals surface area contributed by atoms with E-state index in [9.17, 15) is 0 Å². The summed E-state index contributed by atoms with van der Waals surface area (Å²) >= 11 is 0. The van der Waals surface area contributed by atoms with Crippen molar-refractivity contribution >= 4 is 0 Å². The van der Waals surface area contributed by atoms with Crippen molar-refractivity contribution < 1.29 is 0 Å². The molecule has 0 aromatic carbocycles. The first-order valence-electron chi connectivity index (χ1n) is 4.61. The minimum atomic E-state index is 0.644. The molecule has 0 aliphatic carbocycles. The van der Waals surface area contributed by atoms with E-state index in [-0.39, 0.29) is 0 Å². The Morgan fingerprint density at radius 1 is 1.55 bits per heavy atom. The van der Waals surface area contributed by atoms with Crippen LogP contribution in [0.3, 0.4) is 0 Å². The molecule has 2 heteroatoms. The van der Waals surface area contributed by atoms with E-state index in [1.807, 2.05) is 0 Å². The van der Waals surface area contributed by atoms with Gasteiger partial charge in [0.25, 0.3) is 0 Å². The van der Waals surface area contributed by atoms with E-state index in [4.69, 9.17) is 5.73 Å². The fourth-order valence-electron chi connectivity index (χ4n) is 2.05. The second-order valence-corrected chi connectivity index (χ2v) is 4.02. The lowest BCUT2D eigenvalue weighted by atomic mass is 10.1. The summed E-state index contributed by atoms with van der Waals surface area (Å²) in [6, 6.07) is 1.30. The van der Waals surface area contributed by atoms with Crippen molar-refractivity contribution in [2.24, 2.45) is 11.7 Å². The Bertz CT molecular complexity index is 123. The maximum absolute atomic E-state index is 5.68. The Hall–Kier alpha value is -0.0800. The molecule has 0 amide bonds. The van der Waals surface area contributed by atoms with E-state index in [1.165, 1.54) is 13.0 Å². The minimum absolute atomic E-state index is 0.644. The van der Waals surface area contributed by atoms with Gasteiger partial charge in [-0.2, -0.15) is 0 Å². The van der Waals surface area contributed by atoms with Crippen LogP contribution in [0.5, 0.6) is 0 Å². The van der Waals surface area contributed by atoms with Gasteiger partial charge in [-0.1, -0.05) is 6.92 Å². The van der Waals surface area contributed by atoms with Crippen LogP contribution in [-0.2, 0) is 0 Å². The Morgan fingerprint density at radius 2 is 2.18 bits per heavy atom. The molecule has 2 nitrogen and oxygen atoms in total. The van der Waals surface area contributed by atoms with Crippen molar-refractivity contribution in [2.75, 3.05) is 13.1 Å². The second kappa shape index (κ2) is 3.55. The largest absolute Gasteiger partial charge is 0.329 e. The predicted molar refractivity (Wildman–Crippen MR) is 48.5 cm³/mol. The van der Waals surface area contributed by atoms with E-state index in [2.05, 4.69) is 25.7 Å². The van der Waals surface area contributed by atoms with Crippen LogP contribution in [0.2, 0.25) is 0 Å². The average molecular weight is 156 g/mol. The molecular weight excluding hydrogens is 136 g/mol. The molecule has 1 fully saturated rings. The molecule has 0 bridgehead atoms. The minimum Gasteiger partial charge on any atom is -0.329 e. The van der Waals surface area contributed by atoms with Crippen molar-refractivity contribution in [3.05, 3.63) is 0 Å². The molecule has 0 aromatic heterocycles. The molecule has 0 radical (unpaired) electrons. The molecule has 1 aliphatic rings. The molecule has 1 aliphatic heterocycles. The molecule has 2 atom stereocenters. The third-order valence-corrected chi connectivity index (χ3v) is 2.60. The van der Waals surface area contributed by atoms with Gasteiger partial charge in [-0.25, -0.2) is 0 Å². The summed E-state index contributed by atoms with van der Waals surface area (Å²) < 4.78 is 0. The third-order valence-electron chi connectivity index (χ3n) is 2.60. The van der Waals surface area contributed by atoms with Gasteiger partial charge in [-0.05, 0) is 26.2 Å². The van der Waals surface area contributed by atoms with Crippen LogP contribution in [0.15, 0.2) is 0 Å². The molecule has 1 rings (SSSR count). The molecule has 11 heavy (non-hydrogen) atoms. The van der Waals surface area contributed by atoms with Crippen molar-refractivity contribution in [3.8, 4) is 0 Å².